The molecule has 1 aliphatic rings. The monoisotopic (exact) mass is 460 g/mol. The van der Waals surface area contributed by atoms with Gasteiger partial charge in [0.2, 0.25) is 0 Å². The number of nitrogens with zero attached hydrogens (tertiary/aromatic N) is 2. The lowest BCUT2D eigenvalue weighted by atomic mass is 9.88. The van der Waals surface area contributed by atoms with Crippen molar-refractivity contribution >= 4 is 34.2 Å². The number of amides is 3. The molecule has 178 valence electrons. The first-order chi connectivity index (χ1) is 16.6. The van der Waals surface area contributed by atoms with Crippen molar-refractivity contribution in [3.63, 3.8) is 0 Å². The number of hydrogen-bond acceptors (Lipinski definition) is 5. The Bertz CT molecular complexity index is 1140. The molecule has 1 aromatic heterocycles. The molecule has 6 N–H and O–H groups in total. The van der Waals surface area contributed by atoms with Gasteiger partial charge in [-0.2, -0.15) is 0 Å². The van der Waals surface area contributed by atoms with Crippen LogP contribution in [0.15, 0.2) is 54.7 Å². The number of nitrogens with one attached hydrogen (secondary N) is 2. The average Bonchev–Trinajstić information content (AvgIpc) is 2.87. The van der Waals surface area contributed by atoms with E-state index in [1.54, 1.807) is 0 Å². The number of piperidine rings is 1. The van der Waals surface area contributed by atoms with E-state index in [4.69, 9.17) is 11.5 Å². The number of rotatable bonds is 8. The van der Waals surface area contributed by atoms with Crippen LogP contribution in [0.25, 0.3) is 10.9 Å². The molecule has 0 unspecified atom stereocenters. The van der Waals surface area contributed by atoms with Crippen molar-refractivity contribution in [3.05, 3.63) is 65.9 Å². The number of benzene rings is 2. The van der Waals surface area contributed by atoms with Crippen LogP contribution in [0, 0.1) is 0 Å². The first kappa shape index (κ1) is 23.5. The number of hydrogen-bond donors (Lipinski definition) is 4. The molecule has 0 saturated carbocycles. The topological polar surface area (TPSA) is 126 Å². The van der Waals surface area contributed by atoms with Gasteiger partial charge < -0.3 is 27.0 Å². The average molecular weight is 461 g/mol. The summed E-state index contributed by atoms with van der Waals surface area (Å²) in [5.74, 6) is -0.198. The van der Waals surface area contributed by atoms with E-state index < -0.39 is 5.91 Å². The van der Waals surface area contributed by atoms with Crippen molar-refractivity contribution in [3.8, 4) is 0 Å². The number of aromatic nitrogens is 1. The molecule has 0 aliphatic carbocycles. The first-order valence-electron chi connectivity index (χ1n) is 11.8. The third-order valence-corrected chi connectivity index (χ3v) is 6.36. The summed E-state index contributed by atoms with van der Waals surface area (Å²) >= 11 is 0. The van der Waals surface area contributed by atoms with Crippen LogP contribution in [0.5, 0.6) is 0 Å². The smallest absolute Gasteiger partial charge is 0.317 e. The Labute approximate surface area is 199 Å². The Hall–Kier alpha value is -3.65. The Balaban J connectivity index is 1.52. The van der Waals surface area contributed by atoms with E-state index in [9.17, 15) is 9.59 Å². The molecule has 34 heavy (non-hydrogen) atoms. The number of urea groups is 1. The minimum absolute atomic E-state index is 0.00127. The van der Waals surface area contributed by atoms with Gasteiger partial charge in [0.25, 0.3) is 5.91 Å². The first-order valence-corrected chi connectivity index (χ1v) is 11.8. The fraction of sp³-hybridized carbons (Fsp3) is 0.346. The molecule has 1 aliphatic heterocycles. The lowest BCUT2D eigenvalue weighted by molar-refractivity contribution is 0.100. The molecule has 0 radical (unpaired) electrons. The van der Waals surface area contributed by atoms with E-state index in [-0.39, 0.29) is 6.03 Å². The van der Waals surface area contributed by atoms with Gasteiger partial charge in [0.05, 0.1) is 16.8 Å². The molecule has 8 nitrogen and oxygen atoms in total. The summed E-state index contributed by atoms with van der Waals surface area (Å²) < 4.78 is 0. The van der Waals surface area contributed by atoms with Crippen molar-refractivity contribution in [2.24, 2.45) is 11.5 Å². The van der Waals surface area contributed by atoms with Gasteiger partial charge >= 0.3 is 6.03 Å². The summed E-state index contributed by atoms with van der Waals surface area (Å²) in [6.07, 6.45) is 5.10. The highest BCUT2D eigenvalue weighted by molar-refractivity contribution is 6.07. The minimum Gasteiger partial charge on any atom is -0.365 e. The number of nitrogens with two attached hydrogens (primary N) is 2. The fourth-order valence-electron chi connectivity index (χ4n) is 4.44. The van der Waals surface area contributed by atoms with E-state index in [1.165, 1.54) is 11.8 Å². The second-order valence-electron chi connectivity index (χ2n) is 8.67. The number of primary amides is 1. The summed E-state index contributed by atoms with van der Waals surface area (Å²) in [5.41, 5.74) is 15.0. The predicted molar refractivity (Wildman–Crippen MR) is 135 cm³/mol. The summed E-state index contributed by atoms with van der Waals surface area (Å²) in [5, 5.41) is 7.21. The summed E-state index contributed by atoms with van der Waals surface area (Å²) in [6.45, 7) is 2.72. The maximum atomic E-state index is 12.4. The highest BCUT2D eigenvalue weighted by Crippen LogP contribution is 2.34. The number of para-hydroxylation sites is 1. The molecule has 0 atom stereocenters. The SMILES string of the molecule is NCCCCNC(=O)N1CCC(c2ccc3ncc(C(N)=O)c(Nc4ccccc4)c3c2)CC1. The normalized spacial score (nSPS) is 14.2. The molecule has 8 heteroatoms. The molecule has 4 rings (SSSR count). The largest absolute Gasteiger partial charge is 0.365 e. The number of likely N-dealkylation sites (tertiary alicyclic amines) is 1. The van der Waals surface area contributed by atoms with Gasteiger partial charge in [0.15, 0.2) is 0 Å². The van der Waals surface area contributed by atoms with Crippen LogP contribution in [-0.2, 0) is 0 Å². The lowest BCUT2D eigenvalue weighted by Crippen LogP contribution is -2.44. The number of carbonyl (C=O) groups excluding carboxylic acids is 2. The van der Waals surface area contributed by atoms with E-state index in [2.05, 4.69) is 27.8 Å². The van der Waals surface area contributed by atoms with Crippen LogP contribution in [0.3, 0.4) is 0 Å². The Kier molecular flexibility index (Phi) is 7.59. The van der Waals surface area contributed by atoms with Crippen molar-refractivity contribution in [1.29, 1.82) is 0 Å². The maximum Gasteiger partial charge on any atom is 0.317 e. The predicted octanol–water partition coefficient (Wildman–Crippen LogP) is 3.71. The van der Waals surface area contributed by atoms with Gasteiger partial charge in [-0.3, -0.25) is 9.78 Å². The van der Waals surface area contributed by atoms with Crippen LogP contribution < -0.4 is 22.1 Å². The summed E-state index contributed by atoms with van der Waals surface area (Å²) in [7, 11) is 0. The van der Waals surface area contributed by atoms with Crippen molar-refractivity contribution in [2.45, 2.75) is 31.6 Å². The Morgan fingerprint density at radius 3 is 2.53 bits per heavy atom. The number of pyridine rings is 1. The summed E-state index contributed by atoms with van der Waals surface area (Å²) in [4.78, 5) is 30.9. The number of fused-ring (bicyclic) bond motifs is 1. The number of anilines is 2. The Morgan fingerprint density at radius 2 is 1.82 bits per heavy atom. The highest BCUT2D eigenvalue weighted by atomic mass is 16.2. The van der Waals surface area contributed by atoms with Crippen molar-refractivity contribution in [2.75, 3.05) is 31.5 Å². The van der Waals surface area contributed by atoms with Gasteiger partial charge in [-0.1, -0.05) is 24.3 Å². The molecule has 1 fully saturated rings. The van der Waals surface area contributed by atoms with Gasteiger partial charge in [-0.15, -0.1) is 0 Å². The van der Waals surface area contributed by atoms with Gasteiger partial charge in [0.1, 0.15) is 0 Å². The zero-order chi connectivity index (χ0) is 23.9. The molecular weight excluding hydrogens is 428 g/mol. The lowest BCUT2D eigenvalue weighted by Gasteiger charge is -2.32. The van der Waals surface area contributed by atoms with Gasteiger partial charge in [0, 0.05) is 36.9 Å². The second-order valence-corrected chi connectivity index (χ2v) is 8.67. The quantitative estimate of drug-likeness (QED) is 0.381. The van der Waals surface area contributed by atoms with Gasteiger partial charge in [-0.05, 0) is 68.0 Å². The highest BCUT2D eigenvalue weighted by Gasteiger charge is 2.24. The minimum atomic E-state index is -0.524. The van der Waals surface area contributed by atoms with E-state index >= 15 is 0 Å². The van der Waals surface area contributed by atoms with E-state index in [0.717, 1.165) is 42.3 Å². The molecular formula is C26H32N6O2. The van der Waals surface area contributed by atoms with Crippen molar-refractivity contribution in [1.82, 2.24) is 15.2 Å². The summed E-state index contributed by atoms with van der Waals surface area (Å²) in [6, 6.07) is 15.9. The maximum absolute atomic E-state index is 12.4. The van der Waals surface area contributed by atoms with Gasteiger partial charge in [-0.25, -0.2) is 4.79 Å². The molecule has 1 saturated heterocycles. The molecule has 0 spiro atoms. The van der Waals surface area contributed by atoms with Crippen LogP contribution in [0.4, 0.5) is 16.2 Å². The molecule has 2 aromatic carbocycles. The third-order valence-electron chi connectivity index (χ3n) is 6.36. The van der Waals surface area contributed by atoms with Crippen LogP contribution in [-0.4, -0.2) is 48.0 Å². The Morgan fingerprint density at radius 1 is 1.06 bits per heavy atom. The third kappa shape index (κ3) is 5.46. The second kappa shape index (κ2) is 11.0. The molecule has 3 aromatic rings. The molecule has 2 heterocycles. The molecule has 0 bridgehead atoms. The van der Waals surface area contributed by atoms with E-state index in [0.29, 0.717) is 43.3 Å². The van der Waals surface area contributed by atoms with Crippen LogP contribution in [0.2, 0.25) is 0 Å². The fourth-order valence-corrected chi connectivity index (χ4v) is 4.44. The standard InChI is InChI=1S/C26H32N6O2/c27-12-4-5-13-29-26(34)32-14-10-18(11-15-32)19-8-9-23-21(16-19)24(22(17-30-23)25(28)33)31-20-6-2-1-3-7-20/h1-3,6-9,16-18H,4-5,10-15,27H2,(H2,28,33)(H,29,34)(H,30,31). The number of carbonyl (C=O) groups is 2. The van der Waals surface area contributed by atoms with Crippen molar-refractivity contribution < 1.29 is 9.59 Å². The van der Waals surface area contributed by atoms with Crippen LogP contribution in [0.1, 0.15) is 47.5 Å². The zero-order valence-corrected chi connectivity index (χ0v) is 19.3. The zero-order valence-electron chi connectivity index (χ0n) is 19.3. The van der Waals surface area contributed by atoms with Crippen LogP contribution >= 0.6 is 0 Å². The van der Waals surface area contributed by atoms with E-state index in [1.807, 2.05) is 41.3 Å². The molecule has 3 amide bonds. The number of unbranched alkanes of at least 4 members (excludes halogenated alkanes) is 1.